The molecule has 2 aromatic heterocycles. The number of amides is 2. The van der Waals surface area contributed by atoms with Gasteiger partial charge in [-0.25, -0.2) is 4.98 Å². The Hall–Kier alpha value is -2.32. The second kappa shape index (κ2) is 10.3. The van der Waals surface area contributed by atoms with Gasteiger partial charge in [-0.15, -0.1) is 11.3 Å². The third-order valence-electron chi connectivity index (χ3n) is 6.22. The minimum atomic E-state index is -0.347. The molecule has 0 bridgehead atoms. The first-order chi connectivity index (χ1) is 15.1. The molecule has 2 aliphatic heterocycles. The summed E-state index contributed by atoms with van der Waals surface area (Å²) in [5, 5.41) is 2.88. The zero-order valence-corrected chi connectivity index (χ0v) is 18.7. The summed E-state index contributed by atoms with van der Waals surface area (Å²) in [5.41, 5.74) is 0.873. The number of carbonyl (C=O) groups is 2. The average molecular weight is 443 g/mol. The summed E-state index contributed by atoms with van der Waals surface area (Å²) in [6, 6.07) is 4.03. The molecule has 8 heteroatoms. The van der Waals surface area contributed by atoms with Crippen LogP contribution in [0.1, 0.15) is 49.1 Å². The lowest BCUT2D eigenvalue weighted by Crippen LogP contribution is -2.53. The number of aryl methyl sites for hydroxylation is 1. The molecule has 2 aliphatic rings. The minimum Gasteiger partial charge on any atom is -0.372 e. The molecule has 1 spiro atoms. The van der Waals surface area contributed by atoms with E-state index < -0.39 is 0 Å². The zero-order chi connectivity index (χ0) is 21.5. The monoisotopic (exact) mass is 442 g/mol. The molecule has 4 rings (SSSR count). The largest absolute Gasteiger partial charge is 0.372 e. The number of carbonyl (C=O) groups excluding carboxylic acids is 2. The highest BCUT2D eigenvalue weighted by atomic mass is 32.1. The fraction of sp³-hybridized carbons (Fsp3) is 0.565. The van der Waals surface area contributed by atoms with Crippen LogP contribution in [-0.4, -0.2) is 63.4 Å². The van der Waals surface area contributed by atoms with Crippen molar-refractivity contribution < 1.29 is 14.3 Å². The molecule has 0 saturated carbocycles. The van der Waals surface area contributed by atoms with Crippen molar-refractivity contribution in [1.82, 2.24) is 19.8 Å². The van der Waals surface area contributed by atoms with E-state index in [9.17, 15) is 9.59 Å². The second-order valence-corrected chi connectivity index (χ2v) is 9.39. The van der Waals surface area contributed by atoms with E-state index in [0.29, 0.717) is 45.6 Å². The van der Waals surface area contributed by atoms with Crippen molar-refractivity contribution in [2.75, 3.05) is 26.2 Å². The Morgan fingerprint density at radius 3 is 2.84 bits per heavy atom. The molecule has 2 amide bonds. The molecule has 166 valence electrons. The Bertz CT molecular complexity index is 851. The fourth-order valence-corrected chi connectivity index (χ4v) is 5.04. The quantitative estimate of drug-likeness (QED) is 0.616. The van der Waals surface area contributed by atoms with Gasteiger partial charge in [-0.2, -0.15) is 0 Å². The van der Waals surface area contributed by atoms with Crippen LogP contribution in [0.2, 0.25) is 0 Å². The number of pyridine rings is 1. The van der Waals surface area contributed by atoms with Crippen LogP contribution in [0.3, 0.4) is 0 Å². The van der Waals surface area contributed by atoms with Gasteiger partial charge in [0.05, 0.1) is 31.7 Å². The Labute approximate surface area is 187 Å². The summed E-state index contributed by atoms with van der Waals surface area (Å²) in [6.45, 7) is 2.97. The first kappa shape index (κ1) is 21.9. The van der Waals surface area contributed by atoms with E-state index >= 15 is 0 Å². The lowest BCUT2D eigenvalue weighted by Gasteiger charge is -2.42. The number of rotatable bonds is 7. The average Bonchev–Trinajstić information content (AvgIpc) is 3.25. The van der Waals surface area contributed by atoms with Crippen LogP contribution in [-0.2, 0) is 27.3 Å². The van der Waals surface area contributed by atoms with Gasteiger partial charge in [0, 0.05) is 43.5 Å². The lowest BCUT2D eigenvalue weighted by atomic mass is 9.90. The smallest absolute Gasteiger partial charge is 0.225 e. The lowest BCUT2D eigenvalue weighted by molar-refractivity contribution is -0.140. The van der Waals surface area contributed by atoms with E-state index in [1.54, 1.807) is 23.7 Å². The first-order valence-corrected chi connectivity index (χ1v) is 12.0. The molecule has 31 heavy (non-hydrogen) atoms. The highest BCUT2D eigenvalue weighted by Crippen LogP contribution is 2.31. The van der Waals surface area contributed by atoms with Gasteiger partial charge in [0.25, 0.3) is 0 Å². The zero-order valence-electron chi connectivity index (χ0n) is 17.9. The van der Waals surface area contributed by atoms with Gasteiger partial charge in [0.15, 0.2) is 0 Å². The van der Waals surface area contributed by atoms with Gasteiger partial charge in [0.2, 0.25) is 11.8 Å². The van der Waals surface area contributed by atoms with E-state index in [-0.39, 0.29) is 17.4 Å². The van der Waals surface area contributed by atoms with Gasteiger partial charge in [-0.1, -0.05) is 6.07 Å². The van der Waals surface area contributed by atoms with Gasteiger partial charge >= 0.3 is 0 Å². The van der Waals surface area contributed by atoms with E-state index in [0.717, 1.165) is 37.1 Å². The summed E-state index contributed by atoms with van der Waals surface area (Å²) in [7, 11) is 0. The predicted molar refractivity (Wildman–Crippen MR) is 118 cm³/mol. The van der Waals surface area contributed by atoms with E-state index in [4.69, 9.17) is 4.74 Å². The van der Waals surface area contributed by atoms with Gasteiger partial charge < -0.3 is 14.5 Å². The number of ether oxygens (including phenoxy) is 1. The number of nitrogens with zero attached hydrogens (tertiary/aromatic N) is 4. The molecule has 0 radical (unpaired) electrons. The van der Waals surface area contributed by atoms with Crippen LogP contribution in [0, 0.1) is 0 Å². The van der Waals surface area contributed by atoms with Gasteiger partial charge in [-0.3, -0.25) is 14.6 Å². The third-order valence-corrected chi connectivity index (χ3v) is 6.99. The summed E-state index contributed by atoms with van der Waals surface area (Å²) >= 11 is 1.57. The molecule has 7 nitrogen and oxygen atoms in total. The Morgan fingerprint density at radius 1 is 1.23 bits per heavy atom. The van der Waals surface area contributed by atoms with Crippen LogP contribution in [0.5, 0.6) is 0 Å². The predicted octanol–water partition coefficient (Wildman–Crippen LogP) is 3.06. The normalized spacial score (nSPS) is 18.9. The molecule has 0 N–H and O–H groups in total. The molecule has 0 aromatic carbocycles. The maximum absolute atomic E-state index is 12.7. The summed E-state index contributed by atoms with van der Waals surface area (Å²) in [5.74, 6) is 0.351. The maximum Gasteiger partial charge on any atom is 0.225 e. The van der Waals surface area contributed by atoms with Crippen molar-refractivity contribution in [3.63, 3.8) is 0 Å². The summed E-state index contributed by atoms with van der Waals surface area (Å²) in [4.78, 5) is 37.5. The number of hydrogen-bond donors (Lipinski definition) is 0. The van der Waals surface area contributed by atoms with Crippen molar-refractivity contribution in [3.05, 3.63) is 46.7 Å². The number of aromatic nitrogens is 2. The molecule has 2 aromatic rings. The molecule has 0 atom stereocenters. The highest BCUT2D eigenvalue weighted by Gasteiger charge is 2.41. The van der Waals surface area contributed by atoms with Crippen molar-refractivity contribution >= 4 is 23.2 Å². The van der Waals surface area contributed by atoms with Crippen LogP contribution < -0.4 is 0 Å². The molecule has 0 unspecified atom stereocenters. The highest BCUT2D eigenvalue weighted by molar-refractivity contribution is 7.09. The minimum absolute atomic E-state index is 0.124. The van der Waals surface area contributed by atoms with Gasteiger partial charge in [0.1, 0.15) is 5.01 Å². The van der Waals surface area contributed by atoms with Crippen LogP contribution in [0.25, 0.3) is 0 Å². The Kier molecular flexibility index (Phi) is 7.29. The number of thiazole rings is 1. The maximum atomic E-state index is 12.7. The SMILES string of the molecule is O=C(CCCCc1cccnc1)N1CCC2(CC1)CN(Cc1nccs1)C(=O)CCO2. The standard InChI is InChI=1S/C23H30N4O3S/c28-21(6-2-1-4-19-5-3-10-24-16-19)26-12-8-23(9-13-26)18-27(22(29)7-14-30-23)17-20-25-11-15-31-20/h3,5,10-11,15-16H,1-2,4,6-9,12-14,17-18H2. The van der Waals surface area contributed by atoms with E-state index in [1.807, 2.05) is 27.4 Å². The van der Waals surface area contributed by atoms with Gasteiger partial charge in [-0.05, 0) is 43.7 Å². The molecular formula is C23H30N4O3S. The number of hydrogen-bond acceptors (Lipinski definition) is 6. The summed E-state index contributed by atoms with van der Waals surface area (Å²) < 4.78 is 6.20. The third kappa shape index (κ3) is 5.89. The summed E-state index contributed by atoms with van der Waals surface area (Å²) in [6.07, 6.45) is 10.8. The molecule has 0 aliphatic carbocycles. The number of likely N-dealkylation sites (tertiary alicyclic amines) is 1. The van der Waals surface area contributed by atoms with E-state index in [1.165, 1.54) is 5.56 Å². The first-order valence-electron chi connectivity index (χ1n) is 11.1. The molecule has 2 fully saturated rings. The second-order valence-electron chi connectivity index (χ2n) is 8.41. The molecule has 2 saturated heterocycles. The fourth-order valence-electron chi connectivity index (χ4n) is 4.41. The number of piperidine rings is 1. The van der Waals surface area contributed by atoms with Crippen molar-refractivity contribution in [3.8, 4) is 0 Å². The van der Waals surface area contributed by atoms with E-state index in [2.05, 4.69) is 16.0 Å². The van der Waals surface area contributed by atoms with Crippen LogP contribution in [0.15, 0.2) is 36.1 Å². The Balaban J connectivity index is 1.24. The van der Waals surface area contributed by atoms with Crippen LogP contribution >= 0.6 is 11.3 Å². The number of unbranched alkanes of at least 4 members (excludes halogenated alkanes) is 1. The van der Waals surface area contributed by atoms with Crippen LogP contribution in [0.4, 0.5) is 0 Å². The molecular weight excluding hydrogens is 412 g/mol. The van der Waals surface area contributed by atoms with Crippen molar-refractivity contribution in [1.29, 1.82) is 0 Å². The van der Waals surface area contributed by atoms with Crippen molar-refractivity contribution in [2.45, 2.75) is 57.1 Å². The molecule has 4 heterocycles. The topological polar surface area (TPSA) is 75.6 Å². The Morgan fingerprint density at radius 2 is 2.10 bits per heavy atom. The van der Waals surface area contributed by atoms with Crippen molar-refractivity contribution in [2.24, 2.45) is 0 Å².